The summed E-state index contributed by atoms with van der Waals surface area (Å²) in [6.07, 6.45) is 0. The number of nitrogens with one attached hydrogen (secondary N) is 1. The summed E-state index contributed by atoms with van der Waals surface area (Å²) in [5.41, 5.74) is 1.98. The van der Waals surface area contributed by atoms with Gasteiger partial charge in [-0.25, -0.2) is 19.9 Å². The molecular formula is C23H32N6. The molecule has 29 heavy (non-hydrogen) atoms. The zero-order chi connectivity index (χ0) is 21.6. The van der Waals surface area contributed by atoms with E-state index < -0.39 is 0 Å². The van der Waals surface area contributed by atoms with Gasteiger partial charge in [0.15, 0.2) is 5.82 Å². The van der Waals surface area contributed by atoms with E-state index in [4.69, 9.17) is 9.97 Å². The van der Waals surface area contributed by atoms with E-state index >= 15 is 0 Å². The van der Waals surface area contributed by atoms with Crippen LogP contribution in [0, 0.1) is 0 Å². The normalized spacial score (nSPS) is 13.0. The summed E-state index contributed by atoms with van der Waals surface area (Å²) in [6.45, 7) is 19.2. The Morgan fingerprint density at radius 2 is 1.17 bits per heavy atom. The van der Waals surface area contributed by atoms with Crippen molar-refractivity contribution in [3.05, 3.63) is 41.5 Å². The number of nitrogens with zero attached hydrogens (tertiary/aromatic N) is 5. The Kier molecular flexibility index (Phi) is 5.10. The van der Waals surface area contributed by atoms with Gasteiger partial charge < -0.3 is 0 Å². The Bertz CT molecular complexity index is 996. The zero-order valence-corrected chi connectivity index (χ0v) is 19.0. The molecule has 6 nitrogen and oxygen atoms in total. The summed E-state index contributed by atoms with van der Waals surface area (Å²) >= 11 is 0. The summed E-state index contributed by atoms with van der Waals surface area (Å²) in [4.78, 5) is 18.8. The maximum absolute atomic E-state index is 4.76. The van der Waals surface area contributed by atoms with Gasteiger partial charge in [-0.05, 0) is 11.0 Å². The third kappa shape index (κ3) is 4.69. The lowest BCUT2D eigenvalue weighted by molar-refractivity contribution is 0.543. The van der Waals surface area contributed by atoms with Crippen LogP contribution < -0.4 is 0 Å². The summed E-state index contributed by atoms with van der Waals surface area (Å²) in [7, 11) is 0. The molecule has 0 saturated carbocycles. The lowest BCUT2D eigenvalue weighted by Crippen LogP contribution is -2.18. The van der Waals surface area contributed by atoms with Crippen molar-refractivity contribution in [2.24, 2.45) is 0 Å². The molecule has 0 unspecified atom stereocenters. The monoisotopic (exact) mass is 392 g/mol. The Morgan fingerprint density at radius 1 is 0.586 bits per heavy atom. The fourth-order valence-corrected chi connectivity index (χ4v) is 2.76. The van der Waals surface area contributed by atoms with Crippen LogP contribution >= 0.6 is 0 Å². The maximum atomic E-state index is 4.76. The minimum absolute atomic E-state index is 0.0989. The minimum Gasteiger partial charge on any atom is -0.262 e. The van der Waals surface area contributed by atoms with E-state index in [0.29, 0.717) is 17.5 Å². The Morgan fingerprint density at radius 3 is 1.66 bits per heavy atom. The highest BCUT2D eigenvalue weighted by Crippen LogP contribution is 2.28. The molecule has 1 N–H and O–H groups in total. The lowest BCUT2D eigenvalue weighted by atomic mass is 9.86. The van der Waals surface area contributed by atoms with Crippen molar-refractivity contribution in [3.63, 3.8) is 0 Å². The van der Waals surface area contributed by atoms with Gasteiger partial charge in [-0.2, -0.15) is 0 Å². The molecule has 0 fully saturated rings. The summed E-state index contributed by atoms with van der Waals surface area (Å²) in [5, 5.41) is 7.39. The third-order valence-corrected chi connectivity index (χ3v) is 4.71. The van der Waals surface area contributed by atoms with Crippen LogP contribution in [0.1, 0.15) is 79.5 Å². The number of aromatic nitrogens is 6. The first kappa shape index (κ1) is 21.1. The Balaban J connectivity index is 2.11. The number of rotatable bonds is 2. The van der Waals surface area contributed by atoms with E-state index in [-0.39, 0.29) is 16.2 Å². The van der Waals surface area contributed by atoms with E-state index in [1.165, 1.54) is 5.56 Å². The minimum atomic E-state index is -0.221. The van der Waals surface area contributed by atoms with Crippen LogP contribution in [0.25, 0.3) is 23.0 Å². The molecule has 0 radical (unpaired) electrons. The van der Waals surface area contributed by atoms with Crippen molar-refractivity contribution in [2.75, 3.05) is 0 Å². The summed E-state index contributed by atoms with van der Waals surface area (Å²) in [6, 6.07) is 8.43. The average Bonchev–Trinajstić information content (AvgIpc) is 3.10. The molecule has 3 aromatic rings. The molecule has 0 amide bonds. The highest BCUT2D eigenvalue weighted by Gasteiger charge is 2.24. The van der Waals surface area contributed by atoms with E-state index in [2.05, 4.69) is 107 Å². The van der Waals surface area contributed by atoms with Crippen molar-refractivity contribution in [3.8, 4) is 23.0 Å². The molecule has 0 bridgehead atoms. The van der Waals surface area contributed by atoms with E-state index in [1.54, 1.807) is 0 Å². The van der Waals surface area contributed by atoms with Crippen molar-refractivity contribution in [2.45, 2.75) is 78.6 Å². The molecule has 0 aliphatic heterocycles. The standard InChI is InChI=1S/C23H32N6/c1-21(2,3)15-12-10-14(11-13-15)16-24-17(26-19(25-16)22(4,5)6)18-27-20(29-28-18)23(7,8)9/h10-13H,1-9H3,(H,27,28,29). The van der Waals surface area contributed by atoms with Gasteiger partial charge in [0.05, 0.1) is 0 Å². The third-order valence-electron chi connectivity index (χ3n) is 4.71. The van der Waals surface area contributed by atoms with E-state index in [1.807, 2.05) is 0 Å². The molecule has 1 aromatic carbocycles. The second-order valence-corrected chi connectivity index (χ2v) is 10.6. The first-order chi connectivity index (χ1) is 13.2. The van der Waals surface area contributed by atoms with Gasteiger partial charge in [-0.1, -0.05) is 86.6 Å². The van der Waals surface area contributed by atoms with E-state index in [0.717, 1.165) is 17.2 Å². The van der Waals surface area contributed by atoms with Crippen molar-refractivity contribution in [1.29, 1.82) is 0 Å². The maximum Gasteiger partial charge on any atom is 0.219 e. The van der Waals surface area contributed by atoms with Crippen molar-refractivity contribution in [1.82, 2.24) is 30.1 Å². The second-order valence-electron chi connectivity index (χ2n) is 10.6. The zero-order valence-electron chi connectivity index (χ0n) is 19.0. The van der Waals surface area contributed by atoms with E-state index in [9.17, 15) is 0 Å². The highest BCUT2D eigenvalue weighted by molar-refractivity contribution is 5.58. The predicted molar refractivity (Wildman–Crippen MR) is 117 cm³/mol. The Labute approximate surface area is 173 Å². The number of benzene rings is 1. The highest BCUT2D eigenvalue weighted by atomic mass is 15.2. The van der Waals surface area contributed by atoms with Gasteiger partial charge >= 0.3 is 0 Å². The van der Waals surface area contributed by atoms with Crippen LogP contribution in [0.3, 0.4) is 0 Å². The second kappa shape index (κ2) is 7.01. The Hall–Kier alpha value is -2.63. The fraction of sp³-hybridized carbons (Fsp3) is 0.522. The first-order valence-corrected chi connectivity index (χ1v) is 10.1. The van der Waals surface area contributed by atoms with Crippen LogP contribution in [0.2, 0.25) is 0 Å². The molecule has 2 heterocycles. The molecule has 154 valence electrons. The molecule has 0 aliphatic carbocycles. The van der Waals surface area contributed by atoms with Crippen molar-refractivity contribution >= 4 is 0 Å². The van der Waals surface area contributed by atoms with Crippen molar-refractivity contribution < 1.29 is 0 Å². The first-order valence-electron chi connectivity index (χ1n) is 10.1. The number of aromatic amines is 1. The molecule has 2 aromatic heterocycles. The van der Waals surface area contributed by atoms with Gasteiger partial charge in [0.25, 0.3) is 0 Å². The van der Waals surface area contributed by atoms with Crippen LogP contribution in [-0.4, -0.2) is 30.1 Å². The molecule has 0 saturated heterocycles. The van der Waals surface area contributed by atoms with Gasteiger partial charge in [-0.15, -0.1) is 5.10 Å². The molecule has 3 rings (SSSR count). The van der Waals surface area contributed by atoms with Crippen LogP contribution in [0.5, 0.6) is 0 Å². The van der Waals surface area contributed by atoms with Gasteiger partial charge in [-0.3, -0.25) is 5.10 Å². The van der Waals surface area contributed by atoms with Gasteiger partial charge in [0.2, 0.25) is 11.6 Å². The smallest absolute Gasteiger partial charge is 0.219 e. The molecular weight excluding hydrogens is 360 g/mol. The van der Waals surface area contributed by atoms with Crippen LogP contribution in [0.15, 0.2) is 24.3 Å². The number of hydrogen-bond acceptors (Lipinski definition) is 5. The van der Waals surface area contributed by atoms with Crippen LogP contribution in [0.4, 0.5) is 0 Å². The number of H-pyrrole nitrogens is 1. The fourth-order valence-electron chi connectivity index (χ4n) is 2.76. The average molecular weight is 393 g/mol. The lowest BCUT2D eigenvalue weighted by Gasteiger charge is -2.20. The molecule has 6 heteroatoms. The van der Waals surface area contributed by atoms with Gasteiger partial charge in [0.1, 0.15) is 11.6 Å². The summed E-state index contributed by atoms with van der Waals surface area (Å²) in [5.74, 6) is 3.16. The quantitative estimate of drug-likeness (QED) is 0.647. The molecule has 0 atom stereocenters. The van der Waals surface area contributed by atoms with Crippen LogP contribution in [-0.2, 0) is 16.2 Å². The topological polar surface area (TPSA) is 80.2 Å². The number of hydrogen-bond donors (Lipinski definition) is 1. The largest absolute Gasteiger partial charge is 0.262 e. The molecule has 0 spiro atoms. The summed E-state index contributed by atoms with van der Waals surface area (Å²) < 4.78 is 0. The predicted octanol–water partition coefficient (Wildman–Crippen LogP) is 5.22. The van der Waals surface area contributed by atoms with Gasteiger partial charge in [0, 0.05) is 16.4 Å². The molecule has 0 aliphatic rings. The SMILES string of the molecule is CC(C)(C)c1ccc(-c2nc(-c3n[nH]c(C(C)(C)C)n3)nc(C(C)(C)C)n2)cc1.